The Bertz CT molecular complexity index is 923. The van der Waals surface area contributed by atoms with Crippen molar-refractivity contribution in [2.45, 2.75) is 32.6 Å². The first-order chi connectivity index (χ1) is 15.0. The highest BCUT2D eigenvalue weighted by atomic mass is 35.5. The maximum atomic E-state index is 12.9. The molecule has 0 saturated carbocycles. The average Bonchev–Trinajstić information content (AvgIpc) is 2.80. The van der Waals surface area contributed by atoms with Crippen molar-refractivity contribution in [3.05, 3.63) is 59.1 Å². The van der Waals surface area contributed by atoms with E-state index < -0.39 is 0 Å². The second kappa shape index (κ2) is 9.73. The highest BCUT2D eigenvalue weighted by Gasteiger charge is 2.29. The number of amides is 2. The smallest absolute Gasteiger partial charge is 0.253 e. The van der Waals surface area contributed by atoms with E-state index in [1.54, 1.807) is 29.2 Å². The lowest BCUT2D eigenvalue weighted by atomic mass is 9.96. The predicted molar refractivity (Wildman–Crippen MR) is 126 cm³/mol. The molecule has 0 aromatic heterocycles. The van der Waals surface area contributed by atoms with Gasteiger partial charge in [0.05, 0.1) is 5.92 Å². The van der Waals surface area contributed by atoms with Gasteiger partial charge in [0.2, 0.25) is 5.91 Å². The second-order valence-corrected chi connectivity index (χ2v) is 9.24. The summed E-state index contributed by atoms with van der Waals surface area (Å²) in [6, 6.07) is 15.1. The van der Waals surface area contributed by atoms with E-state index >= 15 is 0 Å². The molecule has 2 aromatic carbocycles. The standard InChI is InChI=1S/C25H30ClN3O2/c1-18-11-14-28(15-12-18)23-9-7-22(8-10-23)27-24(30)20-5-3-13-29(17-20)25(31)19-4-2-6-21(26)16-19/h2,4,6-10,16,18,20H,3,5,11-15,17H2,1H3,(H,27,30)/t20-/m1/s1. The number of anilines is 2. The molecule has 0 unspecified atom stereocenters. The third kappa shape index (κ3) is 5.40. The lowest BCUT2D eigenvalue weighted by molar-refractivity contribution is -0.121. The Morgan fingerprint density at radius 3 is 2.45 bits per heavy atom. The first kappa shape index (κ1) is 21.7. The zero-order valence-corrected chi connectivity index (χ0v) is 18.8. The minimum absolute atomic E-state index is 0.0249. The molecule has 2 fully saturated rings. The fourth-order valence-corrected chi connectivity index (χ4v) is 4.64. The van der Waals surface area contributed by atoms with E-state index in [0.29, 0.717) is 23.7 Å². The van der Waals surface area contributed by atoms with Gasteiger partial charge in [0, 0.05) is 48.1 Å². The van der Waals surface area contributed by atoms with E-state index in [1.165, 1.54) is 18.5 Å². The van der Waals surface area contributed by atoms with Gasteiger partial charge in [0.25, 0.3) is 5.91 Å². The largest absolute Gasteiger partial charge is 0.372 e. The Labute approximate surface area is 189 Å². The van der Waals surface area contributed by atoms with Crippen molar-refractivity contribution in [3.8, 4) is 0 Å². The van der Waals surface area contributed by atoms with Crippen LogP contribution in [0, 0.1) is 11.8 Å². The molecule has 2 aliphatic rings. The Hall–Kier alpha value is -2.53. The number of halogens is 1. The fourth-order valence-electron chi connectivity index (χ4n) is 4.45. The summed E-state index contributed by atoms with van der Waals surface area (Å²) >= 11 is 6.03. The first-order valence-electron chi connectivity index (χ1n) is 11.2. The molecule has 2 aliphatic heterocycles. The van der Waals surface area contributed by atoms with Crippen molar-refractivity contribution in [2.24, 2.45) is 11.8 Å². The van der Waals surface area contributed by atoms with Gasteiger partial charge in [-0.05, 0) is 74.1 Å². The van der Waals surface area contributed by atoms with Gasteiger partial charge < -0.3 is 15.1 Å². The van der Waals surface area contributed by atoms with Crippen LogP contribution in [0.3, 0.4) is 0 Å². The third-order valence-electron chi connectivity index (χ3n) is 6.43. The summed E-state index contributed by atoms with van der Waals surface area (Å²) in [7, 11) is 0. The second-order valence-electron chi connectivity index (χ2n) is 8.81. The van der Waals surface area contributed by atoms with Gasteiger partial charge in [-0.2, -0.15) is 0 Å². The minimum Gasteiger partial charge on any atom is -0.372 e. The fraction of sp³-hybridized carbons (Fsp3) is 0.440. The summed E-state index contributed by atoms with van der Waals surface area (Å²) in [5.41, 5.74) is 2.58. The first-order valence-corrected chi connectivity index (χ1v) is 11.6. The monoisotopic (exact) mass is 439 g/mol. The minimum atomic E-state index is -0.208. The number of benzene rings is 2. The number of piperidine rings is 2. The summed E-state index contributed by atoms with van der Waals surface area (Å²) < 4.78 is 0. The van der Waals surface area contributed by atoms with E-state index in [4.69, 9.17) is 11.6 Å². The van der Waals surface area contributed by atoms with Crippen LogP contribution >= 0.6 is 11.6 Å². The summed E-state index contributed by atoms with van der Waals surface area (Å²) in [4.78, 5) is 29.9. The number of likely N-dealkylation sites (tertiary alicyclic amines) is 1. The summed E-state index contributed by atoms with van der Waals surface area (Å²) in [6.45, 7) is 5.58. The number of nitrogens with zero attached hydrogens (tertiary/aromatic N) is 2. The maximum absolute atomic E-state index is 12.9. The SMILES string of the molecule is CC1CCN(c2ccc(NC(=O)[C@@H]3CCCN(C(=O)c4cccc(Cl)c4)C3)cc2)CC1. The molecule has 1 N–H and O–H groups in total. The molecule has 164 valence electrons. The molecule has 2 saturated heterocycles. The number of rotatable bonds is 4. The van der Waals surface area contributed by atoms with E-state index in [9.17, 15) is 9.59 Å². The van der Waals surface area contributed by atoms with Crippen molar-refractivity contribution in [2.75, 3.05) is 36.4 Å². The molecular weight excluding hydrogens is 410 g/mol. The Morgan fingerprint density at radius 2 is 1.74 bits per heavy atom. The Morgan fingerprint density at radius 1 is 1.00 bits per heavy atom. The van der Waals surface area contributed by atoms with E-state index in [-0.39, 0.29) is 17.7 Å². The number of carbonyl (C=O) groups excluding carboxylic acids is 2. The van der Waals surface area contributed by atoms with Crippen molar-refractivity contribution >= 4 is 34.8 Å². The molecule has 0 aliphatic carbocycles. The Kier molecular flexibility index (Phi) is 6.81. The van der Waals surface area contributed by atoms with Crippen LogP contribution in [0.1, 0.15) is 43.0 Å². The molecule has 2 aromatic rings. The quantitative estimate of drug-likeness (QED) is 0.723. The number of hydrogen-bond donors (Lipinski definition) is 1. The van der Waals surface area contributed by atoms with Crippen LogP contribution in [0.2, 0.25) is 5.02 Å². The molecule has 5 nitrogen and oxygen atoms in total. The van der Waals surface area contributed by atoms with Crippen molar-refractivity contribution in [1.82, 2.24) is 4.90 Å². The third-order valence-corrected chi connectivity index (χ3v) is 6.67. The van der Waals surface area contributed by atoms with Gasteiger partial charge in [-0.3, -0.25) is 9.59 Å². The molecular formula is C25H30ClN3O2. The van der Waals surface area contributed by atoms with Gasteiger partial charge in [0.1, 0.15) is 0 Å². The van der Waals surface area contributed by atoms with Gasteiger partial charge in [-0.1, -0.05) is 24.6 Å². The van der Waals surface area contributed by atoms with Crippen LogP contribution in [-0.2, 0) is 4.79 Å². The van der Waals surface area contributed by atoms with Crippen molar-refractivity contribution in [1.29, 1.82) is 0 Å². The number of carbonyl (C=O) groups is 2. The van der Waals surface area contributed by atoms with Crippen LogP contribution in [0.4, 0.5) is 11.4 Å². The Balaban J connectivity index is 1.34. The van der Waals surface area contributed by atoms with Crippen LogP contribution in [0.25, 0.3) is 0 Å². The predicted octanol–water partition coefficient (Wildman–Crippen LogP) is 5.07. The van der Waals surface area contributed by atoms with Crippen LogP contribution in [0.15, 0.2) is 48.5 Å². The summed E-state index contributed by atoms with van der Waals surface area (Å²) in [5.74, 6) is 0.499. The van der Waals surface area contributed by atoms with Gasteiger partial charge in [0.15, 0.2) is 0 Å². The molecule has 6 heteroatoms. The topological polar surface area (TPSA) is 52.7 Å². The zero-order valence-electron chi connectivity index (χ0n) is 18.0. The normalized spacial score (nSPS) is 19.9. The lowest BCUT2D eigenvalue weighted by Crippen LogP contribution is -2.43. The highest BCUT2D eigenvalue weighted by Crippen LogP contribution is 2.25. The molecule has 1 atom stereocenters. The summed E-state index contributed by atoms with van der Waals surface area (Å²) in [6.07, 6.45) is 4.06. The average molecular weight is 440 g/mol. The molecule has 2 heterocycles. The molecule has 31 heavy (non-hydrogen) atoms. The van der Waals surface area contributed by atoms with E-state index in [2.05, 4.69) is 29.3 Å². The zero-order chi connectivity index (χ0) is 21.8. The summed E-state index contributed by atoms with van der Waals surface area (Å²) in [5, 5.41) is 3.58. The van der Waals surface area contributed by atoms with Gasteiger partial charge in [-0.15, -0.1) is 0 Å². The van der Waals surface area contributed by atoms with Gasteiger partial charge in [-0.25, -0.2) is 0 Å². The van der Waals surface area contributed by atoms with Crippen molar-refractivity contribution in [3.63, 3.8) is 0 Å². The number of nitrogens with one attached hydrogen (secondary N) is 1. The molecule has 2 amide bonds. The van der Waals surface area contributed by atoms with Crippen LogP contribution in [-0.4, -0.2) is 42.9 Å². The maximum Gasteiger partial charge on any atom is 0.253 e. The lowest BCUT2D eigenvalue weighted by Gasteiger charge is -2.32. The highest BCUT2D eigenvalue weighted by molar-refractivity contribution is 6.30. The van der Waals surface area contributed by atoms with Gasteiger partial charge >= 0.3 is 0 Å². The molecule has 0 radical (unpaired) electrons. The van der Waals surface area contributed by atoms with E-state index in [1.807, 2.05) is 12.1 Å². The van der Waals surface area contributed by atoms with E-state index in [0.717, 1.165) is 37.5 Å². The van der Waals surface area contributed by atoms with Crippen LogP contribution in [0.5, 0.6) is 0 Å². The molecule has 4 rings (SSSR count). The van der Waals surface area contributed by atoms with Crippen molar-refractivity contribution < 1.29 is 9.59 Å². The molecule has 0 spiro atoms. The number of hydrogen-bond acceptors (Lipinski definition) is 3. The molecule has 0 bridgehead atoms. The van der Waals surface area contributed by atoms with Crippen LogP contribution < -0.4 is 10.2 Å².